The van der Waals surface area contributed by atoms with Crippen molar-refractivity contribution in [3.8, 4) is 11.5 Å². The van der Waals surface area contributed by atoms with Gasteiger partial charge in [0.25, 0.3) is 11.8 Å². The summed E-state index contributed by atoms with van der Waals surface area (Å²) in [7, 11) is 3.09. The Morgan fingerprint density at radius 2 is 1.43 bits per heavy atom. The Morgan fingerprint density at radius 1 is 0.714 bits per heavy atom. The summed E-state index contributed by atoms with van der Waals surface area (Å²) in [6, 6.07) is 20.7. The largest absolute Gasteiger partial charge is 0.497 e. The van der Waals surface area contributed by atoms with Crippen molar-refractivity contribution in [3.05, 3.63) is 83.9 Å². The van der Waals surface area contributed by atoms with Crippen LogP contribution >= 0.6 is 0 Å². The summed E-state index contributed by atoms with van der Waals surface area (Å²) in [4.78, 5) is 24.8. The molecule has 0 atom stereocenters. The molecule has 0 aromatic heterocycles. The van der Waals surface area contributed by atoms with Gasteiger partial charge in [0.05, 0.1) is 19.9 Å². The number of nitrogens with one attached hydrogen (secondary N) is 2. The van der Waals surface area contributed by atoms with E-state index in [2.05, 4.69) is 10.6 Å². The van der Waals surface area contributed by atoms with E-state index in [9.17, 15) is 9.59 Å². The zero-order valence-electron chi connectivity index (χ0n) is 15.6. The van der Waals surface area contributed by atoms with Gasteiger partial charge >= 0.3 is 0 Å². The minimum absolute atomic E-state index is 0.259. The third kappa shape index (κ3) is 4.48. The SMILES string of the molecule is COc1cccc(C(=O)Nc2ccc(C(=O)Nc3ccccc3OC)cc2)c1. The molecule has 2 amide bonds. The van der Waals surface area contributed by atoms with E-state index in [0.29, 0.717) is 34.0 Å². The molecule has 0 bridgehead atoms. The molecule has 0 aliphatic heterocycles. The summed E-state index contributed by atoms with van der Waals surface area (Å²) in [5.41, 5.74) is 2.12. The monoisotopic (exact) mass is 376 g/mol. The molecule has 0 aliphatic rings. The zero-order valence-corrected chi connectivity index (χ0v) is 15.6. The molecule has 3 aromatic rings. The first-order valence-electron chi connectivity index (χ1n) is 8.60. The topological polar surface area (TPSA) is 76.7 Å². The Labute approximate surface area is 163 Å². The Hall–Kier alpha value is -3.80. The number of carbonyl (C=O) groups excluding carboxylic acids is 2. The fourth-order valence-corrected chi connectivity index (χ4v) is 2.61. The Morgan fingerprint density at radius 3 is 2.14 bits per heavy atom. The lowest BCUT2D eigenvalue weighted by Crippen LogP contribution is -2.14. The molecular weight excluding hydrogens is 356 g/mol. The van der Waals surface area contributed by atoms with Gasteiger partial charge in [-0.25, -0.2) is 0 Å². The number of carbonyl (C=O) groups is 2. The van der Waals surface area contributed by atoms with Crippen LogP contribution in [0.4, 0.5) is 11.4 Å². The highest BCUT2D eigenvalue weighted by Crippen LogP contribution is 2.24. The first kappa shape index (κ1) is 19.0. The molecule has 6 nitrogen and oxygen atoms in total. The predicted octanol–water partition coefficient (Wildman–Crippen LogP) is 4.21. The van der Waals surface area contributed by atoms with Crippen molar-refractivity contribution < 1.29 is 19.1 Å². The van der Waals surface area contributed by atoms with Gasteiger partial charge in [0.15, 0.2) is 0 Å². The highest BCUT2D eigenvalue weighted by atomic mass is 16.5. The van der Waals surface area contributed by atoms with Crippen LogP contribution in [-0.4, -0.2) is 26.0 Å². The van der Waals surface area contributed by atoms with Crippen molar-refractivity contribution in [1.82, 2.24) is 0 Å². The first-order chi connectivity index (χ1) is 13.6. The summed E-state index contributed by atoms with van der Waals surface area (Å²) in [6.07, 6.45) is 0. The van der Waals surface area contributed by atoms with E-state index >= 15 is 0 Å². The summed E-state index contributed by atoms with van der Waals surface area (Å²) < 4.78 is 10.4. The summed E-state index contributed by atoms with van der Waals surface area (Å²) in [6.45, 7) is 0. The molecular formula is C22H20N2O4. The van der Waals surface area contributed by atoms with Gasteiger partial charge in [-0.2, -0.15) is 0 Å². The molecule has 0 saturated carbocycles. The number of anilines is 2. The number of benzene rings is 3. The van der Waals surface area contributed by atoms with Crippen molar-refractivity contribution in [1.29, 1.82) is 0 Å². The van der Waals surface area contributed by atoms with Gasteiger partial charge in [0, 0.05) is 16.8 Å². The fraction of sp³-hybridized carbons (Fsp3) is 0.0909. The fourth-order valence-electron chi connectivity index (χ4n) is 2.61. The minimum Gasteiger partial charge on any atom is -0.497 e. The third-order valence-electron chi connectivity index (χ3n) is 4.09. The second-order valence-electron chi connectivity index (χ2n) is 5.92. The maximum absolute atomic E-state index is 12.4. The molecule has 0 aliphatic carbocycles. The maximum Gasteiger partial charge on any atom is 0.255 e. The second-order valence-corrected chi connectivity index (χ2v) is 5.92. The first-order valence-corrected chi connectivity index (χ1v) is 8.60. The van der Waals surface area contributed by atoms with Crippen molar-refractivity contribution in [2.75, 3.05) is 24.9 Å². The lowest BCUT2D eigenvalue weighted by molar-refractivity contribution is 0.101. The second kappa shape index (κ2) is 8.73. The molecule has 28 heavy (non-hydrogen) atoms. The van der Waals surface area contributed by atoms with Gasteiger partial charge in [0.2, 0.25) is 0 Å². The van der Waals surface area contributed by atoms with E-state index in [4.69, 9.17) is 9.47 Å². The van der Waals surface area contributed by atoms with Gasteiger partial charge in [-0.1, -0.05) is 18.2 Å². The summed E-state index contributed by atoms with van der Waals surface area (Å²) >= 11 is 0. The maximum atomic E-state index is 12.4. The van der Waals surface area contributed by atoms with Crippen molar-refractivity contribution in [3.63, 3.8) is 0 Å². The molecule has 0 unspecified atom stereocenters. The number of rotatable bonds is 6. The molecule has 0 spiro atoms. The Balaban J connectivity index is 1.67. The average Bonchev–Trinajstić information content (AvgIpc) is 2.74. The standard InChI is InChI=1S/C22H20N2O4/c1-27-18-7-5-6-16(14-18)22(26)23-17-12-10-15(11-13-17)21(25)24-19-8-3-4-9-20(19)28-2/h3-14H,1-2H3,(H,23,26)(H,24,25). The van der Waals surface area contributed by atoms with Crippen molar-refractivity contribution in [2.45, 2.75) is 0 Å². The van der Waals surface area contributed by atoms with Crippen LogP contribution in [-0.2, 0) is 0 Å². The van der Waals surface area contributed by atoms with E-state index < -0.39 is 0 Å². The predicted molar refractivity (Wildman–Crippen MR) is 108 cm³/mol. The number of amides is 2. The summed E-state index contributed by atoms with van der Waals surface area (Å²) in [5.74, 6) is 0.661. The van der Waals surface area contributed by atoms with Crippen LogP contribution in [0.25, 0.3) is 0 Å². The van der Waals surface area contributed by atoms with Gasteiger partial charge in [-0.15, -0.1) is 0 Å². The smallest absolute Gasteiger partial charge is 0.255 e. The molecule has 0 saturated heterocycles. The Bertz CT molecular complexity index is 984. The molecule has 0 heterocycles. The van der Waals surface area contributed by atoms with Crippen molar-refractivity contribution in [2.24, 2.45) is 0 Å². The van der Waals surface area contributed by atoms with Crippen LogP contribution in [0, 0.1) is 0 Å². The zero-order chi connectivity index (χ0) is 19.9. The van der Waals surface area contributed by atoms with E-state index in [1.54, 1.807) is 74.9 Å². The lowest BCUT2D eigenvalue weighted by atomic mass is 10.1. The number of para-hydroxylation sites is 2. The van der Waals surface area contributed by atoms with E-state index in [-0.39, 0.29) is 11.8 Å². The van der Waals surface area contributed by atoms with Gasteiger partial charge in [0.1, 0.15) is 11.5 Å². The molecule has 3 rings (SSSR count). The molecule has 2 N–H and O–H groups in total. The molecule has 0 radical (unpaired) electrons. The number of hydrogen-bond acceptors (Lipinski definition) is 4. The van der Waals surface area contributed by atoms with Crippen LogP contribution in [0.15, 0.2) is 72.8 Å². The third-order valence-corrected chi connectivity index (χ3v) is 4.09. The quantitative estimate of drug-likeness (QED) is 0.676. The Kier molecular flexibility index (Phi) is 5.91. The van der Waals surface area contributed by atoms with Crippen LogP contribution in [0.2, 0.25) is 0 Å². The molecule has 3 aromatic carbocycles. The number of methoxy groups -OCH3 is 2. The molecule has 0 fully saturated rings. The van der Waals surface area contributed by atoms with Gasteiger partial charge in [-0.3, -0.25) is 9.59 Å². The highest BCUT2D eigenvalue weighted by molar-refractivity contribution is 6.06. The van der Waals surface area contributed by atoms with Crippen LogP contribution in [0.1, 0.15) is 20.7 Å². The number of hydrogen-bond donors (Lipinski definition) is 2. The van der Waals surface area contributed by atoms with Gasteiger partial charge < -0.3 is 20.1 Å². The lowest BCUT2D eigenvalue weighted by Gasteiger charge is -2.10. The number of ether oxygens (including phenoxy) is 2. The van der Waals surface area contributed by atoms with Crippen LogP contribution in [0.5, 0.6) is 11.5 Å². The molecule has 142 valence electrons. The van der Waals surface area contributed by atoms with E-state index in [1.807, 2.05) is 12.1 Å². The van der Waals surface area contributed by atoms with E-state index in [1.165, 1.54) is 0 Å². The average molecular weight is 376 g/mol. The molecule has 6 heteroatoms. The summed E-state index contributed by atoms with van der Waals surface area (Å²) in [5, 5.41) is 5.61. The minimum atomic E-state index is -0.268. The van der Waals surface area contributed by atoms with Crippen LogP contribution < -0.4 is 20.1 Å². The van der Waals surface area contributed by atoms with Crippen molar-refractivity contribution >= 4 is 23.2 Å². The van der Waals surface area contributed by atoms with E-state index in [0.717, 1.165) is 0 Å². The highest BCUT2D eigenvalue weighted by Gasteiger charge is 2.11. The van der Waals surface area contributed by atoms with Crippen LogP contribution in [0.3, 0.4) is 0 Å². The van der Waals surface area contributed by atoms with Gasteiger partial charge in [-0.05, 0) is 54.6 Å². The normalized spacial score (nSPS) is 10.1.